The maximum Gasteiger partial charge on any atom is 0.248 e. The number of rotatable bonds is 9. The van der Waals surface area contributed by atoms with Crippen molar-refractivity contribution in [1.29, 1.82) is 0 Å². The monoisotopic (exact) mass is 295 g/mol. The van der Waals surface area contributed by atoms with Crippen molar-refractivity contribution in [2.24, 2.45) is 0 Å². The number of hydrogen-bond donors (Lipinski definition) is 1. The van der Waals surface area contributed by atoms with Gasteiger partial charge < -0.3 is 19.5 Å². The number of benzene rings is 1. The van der Waals surface area contributed by atoms with Crippen LogP contribution in [-0.2, 0) is 16.0 Å². The van der Waals surface area contributed by atoms with E-state index >= 15 is 0 Å². The van der Waals surface area contributed by atoms with Crippen LogP contribution in [0.3, 0.4) is 0 Å². The highest BCUT2D eigenvalue weighted by Crippen LogP contribution is 2.28. The smallest absolute Gasteiger partial charge is 0.248 e. The molecule has 1 rings (SSSR count). The number of methoxy groups -OCH3 is 1. The Morgan fingerprint density at radius 1 is 1.19 bits per heavy atom. The number of hydrogen-bond acceptors (Lipinski definition) is 4. The number of carbonyl (C=O) groups excluding carboxylic acids is 1. The van der Waals surface area contributed by atoms with Crippen molar-refractivity contribution in [1.82, 2.24) is 5.32 Å². The zero-order valence-corrected chi connectivity index (χ0v) is 13.3. The first-order valence-electron chi connectivity index (χ1n) is 7.31. The van der Waals surface area contributed by atoms with E-state index < -0.39 is 6.10 Å². The molecule has 5 heteroatoms. The van der Waals surface area contributed by atoms with Gasteiger partial charge in [0.2, 0.25) is 5.91 Å². The Kier molecular flexibility index (Phi) is 7.61. The molecule has 1 aromatic carbocycles. The van der Waals surface area contributed by atoms with Crippen LogP contribution in [-0.4, -0.2) is 38.9 Å². The van der Waals surface area contributed by atoms with Crippen LogP contribution in [0.5, 0.6) is 11.5 Å². The minimum Gasteiger partial charge on any atom is -0.490 e. The Labute approximate surface area is 126 Å². The highest BCUT2D eigenvalue weighted by Gasteiger charge is 2.11. The first-order chi connectivity index (χ1) is 10.1. The molecule has 0 aromatic heterocycles. The van der Waals surface area contributed by atoms with Gasteiger partial charge in [0.25, 0.3) is 0 Å². The van der Waals surface area contributed by atoms with E-state index in [1.165, 1.54) is 7.11 Å². The van der Waals surface area contributed by atoms with Crippen molar-refractivity contribution >= 4 is 5.91 Å². The molecule has 1 atom stereocenters. The zero-order valence-electron chi connectivity index (χ0n) is 13.3. The second-order valence-electron chi connectivity index (χ2n) is 4.57. The third kappa shape index (κ3) is 5.63. The SMILES string of the molecule is CCOc1ccc(CCNC(=O)C(C)OC)cc1OCC. The average Bonchev–Trinajstić information content (AvgIpc) is 2.49. The zero-order chi connectivity index (χ0) is 15.7. The lowest BCUT2D eigenvalue weighted by molar-refractivity contribution is -0.129. The van der Waals surface area contributed by atoms with Crippen molar-refractivity contribution < 1.29 is 19.0 Å². The summed E-state index contributed by atoms with van der Waals surface area (Å²) in [5.74, 6) is 1.39. The van der Waals surface area contributed by atoms with E-state index in [9.17, 15) is 4.79 Å². The molecule has 0 aliphatic rings. The quantitative estimate of drug-likeness (QED) is 0.758. The van der Waals surface area contributed by atoms with Gasteiger partial charge in [-0.3, -0.25) is 4.79 Å². The summed E-state index contributed by atoms with van der Waals surface area (Å²) in [5, 5.41) is 2.84. The number of carbonyl (C=O) groups is 1. The molecular weight excluding hydrogens is 270 g/mol. The molecule has 1 unspecified atom stereocenters. The fraction of sp³-hybridized carbons (Fsp3) is 0.562. The Hall–Kier alpha value is -1.75. The molecule has 5 nitrogen and oxygen atoms in total. The minimum atomic E-state index is -0.427. The van der Waals surface area contributed by atoms with Crippen LogP contribution >= 0.6 is 0 Å². The van der Waals surface area contributed by atoms with Crippen molar-refractivity contribution in [2.75, 3.05) is 26.9 Å². The standard InChI is InChI=1S/C16H25NO4/c1-5-20-14-8-7-13(11-15(14)21-6-2)9-10-17-16(18)12(3)19-4/h7-8,11-12H,5-6,9-10H2,1-4H3,(H,17,18). The van der Waals surface area contributed by atoms with E-state index in [1.54, 1.807) is 6.92 Å². The summed E-state index contributed by atoms with van der Waals surface area (Å²) < 4.78 is 16.1. The van der Waals surface area contributed by atoms with Crippen LogP contribution in [0.25, 0.3) is 0 Å². The predicted octanol–water partition coefficient (Wildman–Crippen LogP) is 2.18. The molecule has 118 valence electrons. The Balaban J connectivity index is 2.59. The summed E-state index contributed by atoms with van der Waals surface area (Å²) in [4.78, 5) is 11.6. The van der Waals surface area contributed by atoms with Gasteiger partial charge in [-0.05, 0) is 44.9 Å². The van der Waals surface area contributed by atoms with E-state index in [0.29, 0.717) is 19.8 Å². The molecule has 0 saturated heterocycles. The molecule has 1 N–H and O–H groups in total. The topological polar surface area (TPSA) is 56.8 Å². The lowest BCUT2D eigenvalue weighted by Crippen LogP contribution is -2.35. The molecule has 1 amide bonds. The molecule has 0 aliphatic carbocycles. The van der Waals surface area contributed by atoms with Crippen LogP contribution < -0.4 is 14.8 Å². The van der Waals surface area contributed by atoms with E-state index in [1.807, 2.05) is 32.0 Å². The van der Waals surface area contributed by atoms with Crippen LogP contribution in [0.1, 0.15) is 26.3 Å². The first kappa shape index (κ1) is 17.3. The highest BCUT2D eigenvalue weighted by atomic mass is 16.5. The summed E-state index contributed by atoms with van der Waals surface area (Å²) in [7, 11) is 1.52. The van der Waals surface area contributed by atoms with Crippen LogP contribution in [0.2, 0.25) is 0 Å². The van der Waals surface area contributed by atoms with Gasteiger partial charge in [0.1, 0.15) is 6.10 Å². The lowest BCUT2D eigenvalue weighted by Gasteiger charge is -2.13. The molecule has 0 aliphatic heterocycles. The summed E-state index contributed by atoms with van der Waals surface area (Å²) >= 11 is 0. The predicted molar refractivity (Wildman–Crippen MR) is 82.0 cm³/mol. The third-order valence-corrected chi connectivity index (χ3v) is 3.04. The van der Waals surface area contributed by atoms with Crippen LogP contribution in [0.15, 0.2) is 18.2 Å². The molecule has 0 saturated carbocycles. The van der Waals surface area contributed by atoms with Crippen molar-refractivity contribution in [3.63, 3.8) is 0 Å². The van der Waals surface area contributed by atoms with Crippen molar-refractivity contribution in [3.8, 4) is 11.5 Å². The largest absolute Gasteiger partial charge is 0.490 e. The highest BCUT2D eigenvalue weighted by molar-refractivity contribution is 5.80. The molecule has 1 aromatic rings. The number of ether oxygens (including phenoxy) is 3. The first-order valence-corrected chi connectivity index (χ1v) is 7.31. The average molecular weight is 295 g/mol. The normalized spacial score (nSPS) is 11.8. The fourth-order valence-corrected chi connectivity index (χ4v) is 1.83. The summed E-state index contributed by atoms with van der Waals surface area (Å²) in [5.41, 5.74) is 1.09. The summed E-state index contributed by atoms with van der Waals surface area (Å²) in [6, 6.07) is 5.85. The van der Waals surface area contributed by atoms with Gasteiger partial charge in [0.05, 0.1) is 13.2 Å². The van der Waals surface area contributed by atoms with E-state index in [0.717, 1.165) is 23.5 Å². The van der Waals surface area contributed by atoms with Gasteiger partial charge in [0.15, 0.2) is 11.5 Å². The molecule has 21 heavy (non-hydrogen) atoms. The molecular formula is C16H25NO4. The third-order valence-electron chi connectivity index (χ3n) is 3.04. The second-order valence-corrected chi connectivity index (χ2v) is 4.57. The molecule has 0 radical (unpaired) electrons. The van der Waals surface area contributed by atoms with Gasteiger partial charge in [-0.1, -0.05) is 6.07 Å². The van der Waals surface area contributed by atoms with Gasteiger partial charge in [0, 0.05) is 13.7 Å². The van der Waals surface area contributed by atoms with Gasteiger partial charge in [-0.15, -0.1) is 0 Å². The van der Waals surface area contributed by atoms with Crippen LogP contribution in [0.4, 0.5) is 0 Å². The minimum absolute atomic E-state index is 0.103. The molecule has 0 heterocycles. The van der Waals surface area contributed by atoms with E-state index in [4.69, 9.17) is 14.2 Å². The number of amides is 1. The van der Waals surface area contributed by atoms with Gasteiger partial charge >= 0.3 is 0 Å². The maximum absolute atomic E-state index is 11.6. The second kappa shape index (κ2) is 9.23. The molecule has 0 fully saturated rings. The summed E-state index contributed by atoms with van der Waals surface area (Å²) in [6.07, 6.45) is 0.304. The van der Waals surface area contributed by atoms with Gasteiger partial charge in [-0.25, -0.2) is 0 Å². The van der Waals surface area contributed by atoms with Gasteiger partial charge in [-0.2, -0.15) is 0 Å². The maximum atomic E-state index is 11.6. The molecule has 0 spiro atoms. The Morgan fingerprint density at radius 3 is 2.48 bits per heavy atom. The molecule has 0 bridgehead atoms. The fourth-order valence-electron chi connectivity index (χ4n) is 1.83. The Morgan fingerprint density at radius 2 is 1.86 bits per heavy atom. The number of nitrogens with one attached hydrogen (secondary N) is 1. The van der Waals surface area contributed by atoms with E-state index in [2.05, 4.69) is 5.32 Å². The van der Waals surface area contributed by atoms with E-state index in [-0.39, 0.29) is 5.91 Å². The van der Waals surface area contributed by atoms with Crippen molar-refractivity contribution in [2.45, 2.75) is 33.3 Å². The Bertz CT molecular complexity index is 448. The lowest BCUT2D eigenvalue weighted by atomic mass is 10.1. The van der Waals surface area contributed by atoms with Crippen molar-refractivity contribution in [3.05, 3.63) is 23.8 Å². The summed E-state index contributed by atoms with van der Waals surface area (Å²) in [6.45, 7) is 7.35. The van der Waals surface area contributed by atoms with Crippen LogP contribution in [0, 0.1) is 0 Å².